The van der Waals surface area contributed by atoms with Crippen molar-refractivity contribution in [3.05, 3.63) is 169 Å². The zero-order chi connectivity index (χ0) is 26.7. The van der Waals surface area contributed by atoms with E-state index in [9.17, 15) is 0 Å². The second-order valence-corrected chi connectivity index (χ2v) is 9.95. The first-order chi connectivity index (χ1) is 19.9. The van der Waals surface area contributed by atoms with Crippen LogP contribution in [0.5, 0.6) is 0 Å². The average molecular weight is 507 g/mol. The van der Waals surface area contributed by atoms with Crippen LogP contribution in [0.1, 0.15) is 11.1 Å². The van der Waals surface area contributed by atoms with Crippen molar-refractivity contribution in [2.45, 2.75) is 0 Å². The summed E-state index contributed by atoms with van der Waals surface area (Å²) in [6, 6.07) is 55.7. The standard InChI is InChI=1S/C40H26/c1-3-13-30(14-4-1)31-26-23-29(24-27-31)25-28-36-34-18-8-11-21-38(34)40(39-22-12-9-19-35(36)39)37-20-10-7-17-33(37)32-15-5-2-6-16-32/h1-24,26-27H. The van der Waals surface area contributed by atoms with E-state index in [-0.39, 0.29) is 0 Å². The molecule has 0 spiro atoms. The molecule has 0 unspecified atom stereocenters. The van der Waals surface area contributed by atoms with E-state index in [1.54, 1.807) is 0 Å². The van der Waals surface area contributed by atoms with E-state index >= 15 is 0 Å². The maximum absolute atomic E-state index is 3.58. The van der Waals surface area contributed by atoms with Crippen LogP contribution in [0.25, 0.3) is 54.9 Å². The lowest BCUT2D eigenvalue weighted by molar-refractivity contribution is 1.59. The van der Waals surface area contributed by atoms with Gasteiger partial charge in [0.1, 0.15) is 0 Å². The Morgan fingerprint density at radius 2 is 0.750 bits per heavy atom. The quantitative estimate of drug-likeness (QED) is 0.165. The van der Waals surface area contributed by atoms with Crippen LogP contribution in [-0.4, -0.2) is 0 Å². The molecule has 0 N–H and O–H groups in total. The van der Waals surface area contributed by atoms with E-state index in [2.05, 4.69) is 164 Å². The summed E-state index contributed by atoms with van der Waals surface area (Å²) >= 11 is 0. The van der Waals surface area contributed by atoms with Gasteiger partial charge in [0.25, 0.3) is 0 Å². The fraction of sp³-hybridized carbons (Fsp3) is 0. The van der Waals surface area contributed by atoms with E-state index in [0.717, 1.165) is 11.1 Å². The molecule has 0 nitrogen and oxygen atoms in total. The van der Waals surface area contributed by atoms with Gasteiger partial charge in [0.2, 0.25) is 0 Å². The minimum absolute atomic E-state index is 1.01. The molecule has 0 heteroatoms. The number of hydrogen-bond acceptors (Lipinski definition) is 0. The van der Waals surface area contributed by atoms with Crippen LogP contribution in [0.15, 0.2) is 158 Å². The van der Waals surface area contributed by atoms with Crippen LogP contribution in [0.4, 0.5) is 0 Å². The van der Waals surface area contributed by atoms with Gasteiger partial charge in [0, 0.05) is 11.1 Å². The van der Waals surface area contributed by atoms with E-state index in [4.69, 9.17) is 0 Å². The van der Waals surface area contributed by atoms with Crippen molar-refractivity contribution in [2.75, 3.05) is 0 Å². The summed E-state index contributed by atoms with van der Waals surface area (Å²) in [5, 5.41) is 4.78. The minimum Gasteiger partial charge on any atom is -0.0622 e. The third-order valence-corrected chi connectivity index (χ3v) is 7.54. The van der Waals surface area contributed by atoms with Gasteiger partial charge in [0.05, 0.1) is 0 Å². The molecule has 0 bridgehead atoms. The highest BCUT2D eigenvalue weighted by atomic mass is 14.2. The lowest BCUT2D eigenvalue weighted by atomic mass is 9.85. The second-order valence-electron chi connectivity index (χ2n) is 9.95. The Morgan fingerprint density at radius 3 is 1.35 bits per heavy atom. The Morgan fingerprint density at radius 1 is 0.300 bits per heavy atom. The maximum Gasteiger partial charge on any atom is 0.0406 e. The first-order valence-corrected chi connectivity index (χ1v) is 13.6. The van der Waals surface area contributed by atoms with Crippen LogP contribution in [-0.2, 0) is 0 Å². The largest absolute Gasteiger partial charge is 0.0622 e. The lowest BCUT2D eigenvalue weighted by Crippen LogP contribution is -1.92. The zero-order valence-corrected chi connectivity index (χ0v) is 22.0. The molecule has 0 saturated carbocycles. The average Bonchev–Trinajstić information content (AvgIpc) is 3.04. The van der Waals surface area contributed by atoms with E-state index in [1.165, 1.54) is 54.9 Å². The van der Waals surface area contributed by atoms with Gasteiger partial charge < -0.3 is 0 Å². The summed E-state index contributed by atoms with van der Waals surface area (Å²) in [6.45, 7) is 0. The Labute approximate surface area is 235 Å². The molecule has 0 saturated heterocycles. The molecule has 0 atom stereocenters. The molecule has 7 aromatic rings. The highest BCUT2D eigenvalue weighted by Crippen LogP contribution is 2.42. The minimum atomic E-state index is 1.01. The molecular weight excluding hydrogens is 480 g/mol. The molecule has 0 radical (unpaired) electrons. The Bertz CT molecular complexity index is 1960. The molecule has 0 fully saturated rings. The van der Waals surface area contributed by atoms with Crippen molar-refractivity contribution in [3.63, 3.8) is 0 Å². The fourth-order valence-electron chi connectivity index (χ4n) is 5.64. The van der Waals surface area contributed by atoms with Crippen molar-refractivity contribution >= 4 is 21.5 Å². The Kier molecular flexibility index (Phi) is 6.17. The van der Waals surface area contributed by atoms with Crippen molar-refractivity contribution in [2.24, 2.45) is 0 Å². The molecule has 0 aliphatic heterocycles. The van der Waals surface area contributed by atoms with Crippen LogP contribution in [0.3, 0.4) is 0 Å². The number of fused-ring (bicyclic) bond motifs is 2. The van der Waals surface area contributed by atoms with Gasteiger partial charge in [-0.05, 0) is 67.1 Å². The van der Waals surface area contributed by atoms with E-state index in [1.807, 2.05) is 6.07 Å². The second kappa shape index (κ2) is 10.4. The first kappa shape index (κ1) is 23.7. The third kappa shape index (κ3) is 4.35. The van der Waals surface area contributed by atoms with Gasteiger partial charge in [-0.3, -0.25) is 0 Å². The maximum atomic E-state index is 3.58. The SMILES string of the molecule is C(#Cc1c2ccccc2c(-c2ccccc2-c2ccccc2)c2ccccc12)c1ccc(-c2ccccc2)cc1. The smallest absolute Gasteiger partial charge is 0.0406 e. The number of hydrogen-bond donors (Lipinski definition) is 0. The Hall–Kier alpha value is -5.38. The van der Waals surface area contributed by atoms with Gasteiger partial charge in [-0.15, -0.1) is 0 Å². The van der Waals surface area contributed by atoms with Crippen molar-refractivity contribution in [3.8, 4) is 45.2 Å². The van der Waals surface area contributed by atoms with Gasteiger partial charge in [-0.1, -0.05) is 157 Å². The molecule has 0 aromatic heterocycles. The lowest BCUT2D eigenvalue weighted by Gasteiger charge is -2.17. The molecule has 7 rings (SSSR count). The molecule has 0 amide bonds. The van der Waals surface area contributed by atoms with Crippen molar-refractivity contribution in [1.29, 1.82) is 0 Å². The summed E-state index contributed by atoms with van der Waals surface area (Å²) in [5.41, 5.74) is 9.42. The number of benzene rings is 7. The number of rotatable bonds is 3. The highest BCUT2D eigenvalue weighted by Gasteiger charge is 2.16. The summed E-state index contributed by atoms with van der Waals surface area (Å²) in [5.74, 6) is 7.05. The Balaban J connectivity index is 1.42. The summed E-state index contributed by atoms with van der Waals surface area (Å²) in [4.78, 5) is 0. The van der Waals surface area contributed by atoms with Gasteiger partial charge in [0.15, 0.2) is 0 Å². The summed E-state index contributed by atoms with van der Waals surface area (Å²) in [6.07, 6.45) is 0. The predicted molar refractivity (Wildman–Crippen MR) is 170 cm³/mol. The molecule has 40 heavy (non-hydrogen) atoms. The molecule has 0 aliphatic rings. The van der Waals surface area contributed by atoms with Crippen LogP contribution in [0, 0.1) is 11.8 Å². The summed E-state index contributed by atoms with van der Waals surface area (Å²) < 4.78 is 0. The molecule has 0 heterocycles. The molecule has 7 aromatic carbocycles. The normalized spacial score (nSPS) is 10.8. The topological polar surface area (TPSA) is 0 Å². The molecule has 186 valence electrons. The summed E-state index contributed by atoms with van der Waals surface area (Å²) in [7, 11) is 0. The van der Waals surface area contributed by atoms with E-state index in [0.29, 0.717) is 0 Å². The fourth-order valence-corrected chi connectivity index (χ4v) is 5.64. The van der Waals surface area contributed by atoms with Crippen LogP contribution in [0.2, 0.25) is 0 Å². The third-order valence-electron chi connectivity index (χ3n) is 7.54. The van der Waals surface area contributed by atoms with E-state index < -0.39 is 0 Å². The monoisotopic (exact) mass is 506 g/mol. The van der Waals surface area contributed by atoms with Gasteiger partial charge >= 0.3 is 0 Å². The van der Waals surface area contributed by atoms with Gasteiger partial charge in [-0.2, -0.15) is 0 Å². The molecular formula is C40H26. The first-order valence-electron chi connectivity index (χ1n) is 13.6. The predicted octanol–water partition coefficient (Wildman–Crippen LogP) is 10.4. The highest BCUT2D eigenvalue weighted by molar-refractivity contribution is 6.17. The van der Waals surface area contributed by atoms with Crippen molar-refractivity contribution < 1.29 is 0 Å². The zero-order valence-electron chi connectivity index (χ0n) is 22.0. The van der Waals surface area contributed by atoms with Crippen LogP contribution >= 0.6 is 0 Å². The van der Waals surface area contributed by atoms with Crippen molar-refractivity contribution in [1.82, 2.24) is 0 Å². The van der Waals surface area contributed by atoms with Crippen LogP contribution < -0.4 is 0 Å². The molecule has 0 aliphatic carbocycles. The van der Waals surface area contributed by atoms with Gasteiger partial charge in [-0.25, -0.2) is 0 Å².